The third-order valence-corrected chi connectivity index (χ3v) is 3.60. The van der Waals surface area contributed by atoms with Gasteiger partial charge in [0.2, 0.25) is 5.91 Å². The zero-order chi connectivity index (χ0) is 14.6. The molecule has 0 aromatic heterocycles. The van der Waals surface area contributed by atoms with Gasteiger partial charge in [0.15, 0.2) is 0 Å². The molecule has 0 aliphatic carbocycles. The first kappa shape index (κ1) is 15.8. The Kier molecular flexibility index (Phi) is 5.63. The van der Waals surface area contributed by atoms with E-state index in [-0.39, 0.29) is 5.91 Å². The van der Waals surface area contributed by atoms with Crippen LogP contribution in [0, 0.1) is 0 Å². The lowest BCUT2D eigenvalue weighted by atomic mass is 10.00. The van der Waals surface area contributed by atoms with Crippen molar-refractivity contribution in [2.24, 2.45) is 0 Å². The summed E-state index contributed by atoms with van der Waals surface area (Å²) in [6, 6.07) is 4.03. The lowest BCUT2D eigenvalue weighted by Gasteiger charge is -2.17. The number of carbonyl (C=O) groups is 2. The van der Waals surface area contributed by atoms with Gasteiger partial charge in [0.1, 0.15) is 6.04 Å². The van der Waals surface area contributed by atoms with E-state index < -0.39 is 17.9 Å². The molecule has 0 spiro atoms. The SMILES string of the molecule is CCC(NC(=O)C(C)c1ccc(Cl)c(Cl)c1)C(=O)O. The van der Waals surface area contributed by atoms with Crippen LogP contribution in [0.25, 0.3) is 0 Å². The second kappa shape index (κ2) is 6.78. The summed E-state index contributed by atoms with van der Waals surface area (Å²) in [5.74, 6) is -1.90. The number of carboxylic acid groups (broad SMARTS) is 1. The van der Waals surface area contributed by atoms with Gasteiger partial charge in [0.25, 0.3) is 0 Å². The lowest BCUT2D eigenvalue weighted by Crippen LogP contribution is -2.42. The minimum Gasteiger partial charge on any atom is -0.480 e. The first-order chi connectivity index (χ1) is 8.86. The molecule has 104 valence electrons. The van der Waals surface area contributed by atoms with Crippen LogP contribution in [0.2, 0.25) is 10.0 Å². The van der Waals surface area contributed by atoms with Crippen LogP contribution in [0.1, 0.15) is 31.7 Å². The number of hydrogen-bond donors (Lipinski definition) is 2. The molecule has 0 saturated heterocycles. The molecule has 0 aliphatic heterocycles. The van der Waals surface area contributed by atoms with Crippen molar-refractivity contribution in [2.75, 3.05) is 0 Å². The van der Waals surface area contributed by atoms with Crippen LogP contribution in [-0.2, 0) is 9.59 Å². The van der Waals surface area contributed by atoms with Gasteiger partial charge in [-0.1, -0.05) is 36.2 Å². The Hall–Kier alpha value is -1.26. The van der Waals surface area contributed by atoms with Gasteiger partial charge in [-0.05, 0) is 31.0 Å². The number of halogens is 2. The number of hydrogen-bond acceptors (Lipinski definition) is 2. The largest absolute Gasteiger partial charge is 0.480 e. The number of aliphatic carboxylic acids is 1. The van der Waals surface area contributed by atoms with Crippen molar-refractivity contribution < 1.29 is 14.7 Å². The van der Waals surface area contributed by atoms with E-state index in [1.165, 1.54) is 0 Å². The molecular formula is C13H15Cl2NO3. The highest BCUT2D eigenvalue weighted by molar-refractivity contribution is 6.42. The lowest BCUT2D eigenvalue weighted by molar-refractivity contribution is -0.142. The molecule has 0 bridgehead atoms. The molecule has 0 radical (unpaired) electrons. The van der Waals surface area contributed by atoms with Crippen molar-refractivity contribution in [3.05, 3.63) is 33.8 Å². The highest BCUT2D eigenvalue weighted by Gasteiger charge is 2.22. The molecule has 19 heavy (non-hydrogen) atoms. The molecular weight excluding hydrogens is 289 g/mol. The number of amides is 1. The smallest absolute Gasteiger partial charge is 0.326 e. The van der Waals surface area contributed by atoms with E-state index in [4.69, 9.17) is 28.3 Å². The van der Waals surface area contributed by atoms with E-state index in [9.17, 15) is 9.59 Å². The molecule has 6 heteroatoms. The van der Waals surface area contributed by atoms with Crippen LogP contribution in [0.3, 0.4) is 0 Å². The first-order valence-corrected chi connectivity index (χ1v) is 6.60. The Labute approximate surface area is 121 Å². The summed E-state index contributed by atoms with van der Waals surface area (Å²) in [6.07, 6.45) is 0.329. The summed E-state index contributed by atoms with van der Waals surface area (Å²) >= 11 is 11.7. The fourth-order valence-corrected chi connectivity index (χ4v) is 1.87. The second-order valence-corrected chi connectivity index (χ2v) is 5.02. The molecule has 4 nitrogen and oxygen atoms in total. The van der Waals surface area contributed by atoms with Crippen LogP contribution >= 0.6 is 23.2 Å². The average molecular weight is 304 g/mol. The van der Waals surface area contributed by atoms with Crippen molar-refractivity contribution in [2.45, 2.75) is 32.2 Å². The van der Waals surface area contributed by atoms with Gasteiger partial charge in [0, 0.05) is 0 Å². The molecule has 0 aliphatic rings. The minimum atomic E-state index is -1.04. The average Bonchev–Trinajstić information content (AvgIpc) is 2.37. The maximum atomic E-state index is 12.0. The number of rotatable bonds is 5. The van der Waals surface area contributed by atoms with Crippen molar-refractivity contribution in [1.82, 2.24) is 5.32 Å². The maximum absolute atomic E-state index is 12.0. The third-order valence-electron chi connectivity index (χ3n) is 2.86. The number of benzene rings is 1. The summed E-state index contributed by atoms with van der Waals surface area (Å²) in [6.45, 7) is 3.38. The van der Waals surface area contributed by atoms with Gasteiger partial charge < -0.3 is 10.4 Å². The normalized spacial score (nSPS) is 13.7. The Morgan fingerprint density at radius 2 is 1.95 bits per heavy atom. The van der Waals surface area contributed by atoms with Crippen LogP contribution < -0.4 is 5.32 Å². The zero-order valence-corrected chi connectivity index (χ0v) is 12.1. The Balaban J connectivity index is 2.81. The van der Waals surface area contributed by atoms with Crippen molar-refractivity contribution >= 4 is 35.1 Å². The molecule has 1 amide bonds. The zero-order valence-electron chi connectivity index (χ0n) is 10.6. The monoisotopic (exact) mass is 303 g/mol. The fraction of sp³-hybridized carbons (Fsp3) is 0.385. The summed E-state index contributed by atoms with van der Waals surface area (Å²) in [4.78, 5) is 22.8. The maximum Gasteiger partial charge on any atom is 0.326 e. The molecule has 2 atom stereocenters. The van der Waals surface area contributed by atoms with Gasteiger partial charge in [-0.15, -0.1) is 0 Å². The van der Waals surface area contributed by atoms with Gasteiger partial charge >= 0.3 is 5.97 Å². The molecule has 1 aromatic carbocycles. The van der Waals surface area contributed by atoms with Crippen molar-refractivity contribution in [1.29, 1.82) is 0 Å². The summed E-state index contributed by atoms with van der Waals surface area (Å²) < 4.78 is 0. The Morgan fingerprint density at radius 3 is 2.42 bits per heavy atom. The van der Waals surface area contributed by atoms with Crippen LogP contribution in [0.5, 0.6) is 0 Å². The molecule has 0 heterocycles. The number of carbonyl (C=O) groups excluding carboxylic acids is 1. The van der Waals surface area contributed by atoms with Crippen LogP contribution in [0.4, 0.5) is 0 Å². The van der Waals surface area contributed by atoms with Gasteiger partial charge in [-0.25, -0.2) is 4.79 Å². The predicted molar refractivity (Wildman–Crippen MR) is 74.7 cm³/mol. The standard InChI is InChI=1S/C13H15Cl2NO3/c1-3-11(13(18)19)16-12(17)7(2)8-4-5-9(14)10(15)6-8/h4-7,11H,3H2,1-2H3,(H,16,17)(H,18,19). The highest BCUT2D eigenvalue weighted by atomic mass is 35.5. The quantitative estimate of drug-likeness (QED) is 0.878. The summed E-state index contributed by atoms with van der Waals surface area (Å²) in [5, 5.41) is 12.2. The topological polar surface area (TPSA) is 66.4 Å². The third kappa shape index (κ3) is 4.11. The molecule has 0 fully saturated rings. The van der Waals surface area contributed by atoms with E-state index in [0.29, 0.717) is 22.0 Å². The van der Waals surface area contributed by atoms with Gasteiger partial charge in [-0.3, -0.25) is 4.79 Å². The highest BCUT2D eigenvalue weighted by Crippen LogP contribution is 2.26. The van der Waals surface area contributed by atoms with E-state index in [1.807, 2.05) is 0 Å². The van der Waals surface area contributed by atoms with E-state index in [2.05, 4.69) is 5.32 Å². The summed E-state index contributed by atoms with van der Waals surface area (Å²) in [5.41, 5.74) is 0.687. The van der Waals surface area contributed by atoms with Crippen molar-refractivity contribution in [3.63, 3.8) is 0 Å². The molecule has 2 unspecified atom stereocenters. The van der Waals surface area contributed by atoms with Gasteiger partial charge in [0.05, 0.1) is 16.0 Å². The van der Waals surface area contributed by atoms with Crippen molar-refractivity contribution in [3.8, 4) is 0 Å². The number of nitrogens with one attached hydrogen (secondary N) is 1. The van der Waals surface area contributed by atoms with Gasteiger partial charge in [-0.2, -0.15) is 0 Å². The number of carboxylic acids is 1. The van der Waals surface area contributed by atoms with Crippen LogP contribution in [0.15, 0.2) is 18.2 Å². The van der Waals surface area contributed by atoms with Crippen LogP contribution in [-0.4, -0.2) is 23.0 Å². The summed E-state index contributed by atoms with van der Waals surface area (Å²) in [7, 11) is 0. The van der Waals surface area contributed by atoms with E-state index in [1.54, 1.807) is 32.0 Å². The molecule has 1 aromatic rings. The van der Waals surface area contributed by atoms with E-state index in [0.717, 1.165) is 0 Å². The molecule has 2 N–H and O–H groups in total. The predicted octanol–water partition coefficient (Wildman–Crippen LogP) is 3.08. The molecule has 0 saturated carbocycles. The second-order valence-electron chi connectivity index (χ2n) is 4.20. The minimum absolute atomic E-state index is 0.329. The van der Waals surface area contributed by atoms with E-state index >= 15 is 0 Å². The fourth-order valence-electron chi connectivity index (χ4n) is 1.57. The Morgan fingerprint density at radius 1 is 1.32 bits per heavy atom. The Bertz CT molecular complexity index is 491. The molecule has 1 rings (SSSR count). The first-order valence-electron chi connectivity index (χ1n) is 5.85.